The Morgan fingerprint density at radius 2 is 1.79 bits per heavy atom. The molecule has 1 amide bonds. The Labute approximate surface area is 171 Å². The third kappa shape index (κ3) is 4.89. The summed E-state index contributed by atoms with van der Waals surface area (Å²) in [6.45, 7) is 4.68. The molecule has 0 saturated carbocycles. The lowest BCUT2D eigenvalue weighted by molar-refractivity contribution is -0.128. The standard InChI is InChI=1S/C23H28N2O2S/c26-22-18-28-23(25(22)15-14-24-12-5-2-6-13-24)20-10-7-11-21(16-20)27-17-19-8-3-1-4-9-19/h1,3-4,7-11,16,23H,2,5-6,12-15,17-18H2. The topological polar surface area (TPSA) is 32.8 Å². The van der Waals surface area contributed by atoms with Crippen LogP contribution in [0.2, 0.25) is 0 Å². The Morgan fingerprint density at radius 1 is 0.964 bits per heavy atom. The highest BCUT2D eigenvalue weighted by molar-refractivity contribution is 8.00. The van der Waals surface area contributed by atoms with E-state index >= 15 is 0 Å². The summed E-state index contributed by atoms with van der Waals surface area (Å²) >= 11 is 1.72. The Bertz CT molecular complexity index is 777. The van der Waals surface area contributed by atoms with E-state index in [0.717, 1.165) is 30.0 Å². The smallest absolute Gasteiger partial charge is 0.233 e. The number of amides is 1. The molecule has 1 atom stereocenters. The van der Waals surface area contributed by atoms with Crippen molar-refractivity contribution in [1.29, 1.82) is 0 Å². The number of nitrogens with zero attached hydrogens (tertiary/aromatic N) is 2. The summed E-state index contributed by atoms with van der Waals surface area (Å²) < 4.78 is 5.99. The molecule has 2 saturated heterocycles. The minimum Gasteiger partial charge on any atom is -0.489 e. The molecule has 0 aliphatic carbocycles. The first kappa shape index (κ1) is 19.3. The van der Waals surface area contributed by atoms with E-state index in [-0.39, 0.29) is 11.3 Å². The fourth-order valence-electron chi connectivity index (χ4n) is 3.90. The summed E-state index contributed by atoms with van der Waals surface area (Å²) in [6, 6.07) is 18.4. The van der Waals surface area contributed by atoms with E-state index < -0.39 is 0 Å². The number of carbonyl (C=O) groups is 1. The highest BCUT2D eigenvalue weighted by Gasteiger charge is 2.33. The van der Waals surface area contributed by atoms with Crippen LogP contribution in [0.1, 0.15) is 35.8 Å². The van der Waals surface area contributed by atoms with Gasteiger partial charge >= 0.3 is 0 Å². The normalized spacial score (nSPS) is 20.5. The van der Waals surface area contributed by atoms with Crippen molar-refractivity contribution in [3.8, 4) is 5.75 Å². The quantitative estimate of drug-likeness (QED) is 0.698. The fraction of sp³-hybridized carbons (Fsp3) is 0.435. The zero-order chi connectivity index (χ0) is 19.2. The molecular formula is C23H28N2O2S. The number of carbonyl (C=O) groups excluding carboxylic acids is 1. The third-order valence-electron chi connectivity index (χ3n) is 5.47. The van der Waals surface area contributed by atoms with Crippen LogP contribution >= 0.6 is 11.8 Å². The van der Waals surface area contributed by atoms with Crippen LogP contribution in [-0.2, 0) is 11.4 Å². The first-order valence-corrected chi connectivity index (χ1v) is 11.2. The molecule has 0 N–H and O–H groups in total. The maximum absolute atomic E-state index is 12.5. The summed E-state index contributed by atoms with van der Waals surface area (Å²) in [4.78, 5) is 17.0. The molecule has 4 nitrogen and oxygen atoms in total. The molecule has 0 bridgehead atoms. The zero-order valence-corrected chi connectivity index (χ0v) is 17.1. The van der Waals surface area contributed by atoms with E-state index in [4.69, 9.17) is 4.74 Å². The molecule has 0 radical (unpaired) electrons. The van der Waals surface area contributed by atoms with Crippen molar-refractivity contribution in [3.05, 3.63) is 65.7 Å². The summed E-state index contributed by atoms with van der Waals surface area (Å²) in [5.74, 6) is 1.68. The van der Waals surface area contributed by atoms with Crippen LogP contribution in [0.15, 0.2) is 54.6 Å². The average molecular weight is 397 g/mol. The molecule has 5 heteroatoms. The van der Waals surface area contributed by atoms with Gasteiger partial charge < -0.3 is 14.5 Å². The number of thioether (sulfide) groups is 1. The van der Waals surface area contributed by atoms with E-state index in [9.17, 15) is 4.79 Å². The molecular weight excluding hydrogens is 368 g/mol. The fourth-order valence-corrected chi connectivity index (χ4v) is 5.11. The predicted molar refractivity (Wildman–Crippen MR) is 114 cm³/mol. The van der Waals surface area contributed by atoms with Gasteiger partial charge in [-0.05, 0) is 49.2 Å². The van der Waals surface area contributed by atoms with Gasteiger partial charge in [-0.15, -0.1) is 11.8 Å². The summed E-state index contributed by atoms with van der Waals surface area (Å²) in [7, 11) is 0. The van der Waals surface area contributed by atoms with Gasteiger partial charge in [-0.3, -0.25) is 4.79 Å². The Kier molecular flexibility index (Phi) is 6.55. The van der Waals surface area contributed by atoms with Crippen molar-refractivity contribution in [2.45, 2.75) is 31.2 Å². The van der Waals surface area contributed by atoms with Crippen LogP contribution in [0.25, 0.3) is 0 Å². The van der Waals surface area contributed by atoms with Crippen molar-refractivity contribution in [3.63, 3.8) is 0 Å². The molecule has 0 spiro atoms. The maximum atomic E-state index is 12.5. The average Bonchev–Trinajstić information content (AvgIpc) is 3.13. The second kappa shape index (κ2) is 9.48. The van der Waals surface area contributed by atoms with Crippen molar-refractivity contribution >= 4 is 17.7 Å². The van der Waals surface area contributed by atoms with Gasteiger partial charge in [0.05, 0.1) is 5.75 Å². The lowest BCUT2D eigenvalue weighted by Gasteiger charge is -2.30. The molecule has 2 aromatic rings. The lowest BCUT2D eigenvalue weighted by atomic mass is 10.1. The van der Waals surface area contributed by atoms with Crippen molar-refractivity contribution < 1.29 is 9.53 Å². The highest BCUT2D eigenvalue weighted by atomic mass is 32.2. The summed E-state index contributed by atoms with van der Waals surface area (Å²) in [6.07, 6.45) is 3.91. The second-order valence-electron chi connectivity index (χ2n) is 7.50. The van der Waals surface area contributed by atoms with Gasteiger partial charge in [0.2, 0.25) is 5.91 Å². The van der Waals surface area contributed by atoms with Gasteiger partial charge in [-0.25, -0.2) is 0 Å². The van der Waals surface area contributed by atoms with Crippen LogP contribution in [-0.4, -0.2) is 47.6 Å². The number of rotatable bonds is 7. The van der Waals surface area contributed by atoms with E-state index in [1.807, 2.05) is 30.3 Å². The van der Waals surface area contributed by atoms with Crippen molar-refractivity contribution in [2.24, 2.45) is 0 Å². The van der Waals surface area contributed by atoms with E-state index in [2.05, 4.69) is 34.1 Å². The van der Waals surface area contributed by atoms with Gasteiger partial charge in [0.15, 0.2) is 0 Å². The maximum Gasteiger partial charge on any atom is 0.233 e. The van der Waals surface area contributed by atoms with Gasteiger partial charge in [0.1, 0.15) is 17.7 Å². The van der Waals surface area contributed by atoms with Crippen LogP contribution in [0.3, 0.4) is 0 Å². The van der Waals surface area contributed by atoms with Gasteiger partial charge in [-0.1, -0.05) is 48.9 Å². The van der Waals surface area contributed by atoms with Crippen LogP contribution in [0.4, 0.5) is 0 Å². The number of piperidine rings is 1. The molecule has 148 valence electrons. The number of ether oxygens (including phenoxy) is 1. The monoisotopic (exact) mass is 396 g/mol. The van der Waals surface area contributed by atoms with Crippen molar-refractivity contribution in [2.75, 3.05) is 31.9 Å². The molecule has 4 rings (SSSR count). The Balaban J connectivity index is 1.39. The van der Waals surface area contributed by atoms with Gasteiger partial charge in [0, 0.05) is 13.1 Å². The molecule has 2 aliphatic rings. The Morgan fingerprint density at radius 3 is 2.61 bits per heavy atom. The number of likely N-dealkylation sites (tertiary alicyclic amines) is 1. The third-order valence-corrected chi connectivity index (χ3v) is 6.72. The minimum atomic E-state index is 0.0950. The minimum absolute atomic E-state index is 0.0950. The number of hydrogen-bond donors (Lipinski definition) is 0. The first-order valence-electron chi connectivity index (χ1n) is 10.2. The van der Waals surface area contributed by atoms with Crippen LogP contribution < -0.4 is 4.74 Å². The van der Waals surface area contributed by atoms with Crippen LogP contribution in [0.5, 0.6) is 5.75 Å². The molecule has 2 aliphatic heterocycles. The van der Waals surface area contributed by atoms with E-state index in [1.165, 1.54) is 32.4 Å². The molecule has 1 unspecified atom stereocenters. The van der Waals surface area contributed by atoms with Gasteiger partial charge in [0.25, 0.3) is 0 Å². The largest absolute Gasteiger partial charge is 0.489 e. The second-order valence-corrected chi connectivity index (χ2v) is 8.57. The van der Waals surface area contributed by atoms with Crippen molar-refractivity contribution in [1.82, 2.24) is 9.80 Å². The molecule has 2 fully saturated rings. The predicted octanol–water partition coefficient (Wildman–Crippen LogP) is 4.33. The number of benzene rings is 2. The Hall–Kier alpha value is -1.98. The highest BCUT2D eigenvalue weighted by Crippen LogP contribution is 2.39. The molecule has 2 heterocycles. The van der Waals surface area contributed by atoms with E-state index in [0.29, 0.717) is 12.4 Å². The summed E-state index contributed by atoms with van der Waals surface area (Å²) in [5.41, 5.74) is 2.31. The lowest BCUT2D eigenvalue weighted by Crippen LogP contribution is -2.39. The SMILES string of the molecule is O=C1CSC(c2cccc(OCc3ccccc3)c2)N1CCN1CCCCC1. The first-order chi connectivity index (χ1) is 13.8. The van der Waals surface area contributed by atoms with Gasteiger partial charge in [-0.2, -0.15) is 0 Å². The number of hydrogen-bond acceptors (Lipinski definition) is 4. The molecule has 0 aromatic heterocycles. The van der Waals surface area contributed by atoms with E-state index in [1.54, 1.807) is 11.8 Å². The molecule has 2 aromatic carbocycles. The summed E-state index contributed by atoms with van der Waals surface area (Å²) in [5, 5.41) is 0.0950. The molecule has 28 heavy (non-hydrogen) atoms. The zero-order valence-electron chi connectivity index (χ0n) is 16.3. The van der Waals surface area contributed by atoms with Crippen LogP contribution in [0, 0.1) is 0 Å².